The Balaban J connectivity index is 1.51. The predicted octanol–water partition coefficient (Wildman–Crippen LogP) is 4.30. The van der Waals surface area contributed by atoms with Crippen LogP contribution >= 0.6 is 0 Å². The maximum atomic E-state index is 12.4. The molecule has 0 aliphatic carbocycles. The summed E-state index contributed by atoms with van der Waals surface area (Å²) in [6, 6.07) is 19.4. The molecule has 0 aliphatic rings. The second kappa shape index (κ2) is 10.6. The van der Waals surface area contributed by atoms with Crippen LogP contribution in [0.15, 0.2) is 72.8 Å². The van der Waals surface area contributed by atoms with Gasteiger partial charge in [-0.2, -0.15) is 0 Å². The van der Waals surface area contributed by atoms with Gasteiger partial charge in [0.05, 0.1) is 18.1 Å². The lowest BCUT2D eigenvalue weighted by Gasteiger charge is -2.09. The minimum atomic E-state index is -0.501. The molecule has 0 saturated carbocycles. The molecule has 3 rings (SSSR count). The number of non-ortho nitro benzene ring substituents is 1. The van der Waals surface area contributed by atoms with Crippen molar-refractivity contribution in [2.75, 3.05) is 29.1 Å². The molecule has 0 radical (unpaired) electrons. The van der Waals surface area contributed by atoms with Gasteiger partial charge in [-0.1, -0.05) is 6.07 Å². The Morgan fingerprint density at radius 1 is 0.906 bits per heavy atom. The van der Waals surface area contributed by atoms with Crippen molar-refractivity contribution in [3.8, 4) is 5.75 Å². The molecule has 0 atom stereocenters. The minimum Gasteiger partial charge on any atom is -0.494 e. The second-order valence-corrected chi connectivity index (χ2v) is 6.70. The fourth-order valence-electron chi connectivity index (χ4n) is 2.83. The molecular weight excluding hydrogens is 412 g/mol. The lowest BCUT2D eigenvalue weighted by molar-refractivity contribution is -0.384. The lowest BCUT2D eigenvalue weighted by atomic mass is 10.2. The Kier molecular flexibility index (Phi) is 7.37. The summed E-state index contributed by atoms with van der Waals surface area (Å²) < 4.78 is 5.37. The first kappa shape index (κ1) is 22.3. The fraction of sp³-hybridized carbons (Fsp3) is 0.130. The Labute approximate surface area is 184 Å². The van der Waals surface area contributed by atoms with Crippen molar-refractivity contribution in [1.29, 1.82) is 0 Å². The monoisotopic (exact) mass is 434 g/mol. The van der Waals surface area contributed by atoms with Crippen LogP contribution in [-0.4, -0.2) is 29.9 Å². The van der Waals surface area contributed by atoms with Crippen molar-refractivity contribution in [2.24, 2.45) is 0 Å². The molecule has 0 unspecified atom stereocenters. The molecular formula is C23H22N4O5. The van der Waals surface area contributed by atoms with Crippen LogP contribution in [0.25, 0.3) is 0 Å². The molecule has 3 aromatic rings. The lowest BCUT2D eigenvalue weighted by Crippen LogP contribution is -2.21. The summed E-state index contributed by atoms with van der Waals surface area (Å²) in [7, 11) is 0. The van der Waals surface area contributed by atoms with E-state index in [-0.39, 0.29) is 24.0 Å². The topological polar surface area (TPSA) is 123 Å². The molecule has 0 spiro atoms. The molecule has 3 N–H and O–H groups in total. The molecule has 9 heteroatoms. The third-order valence-electron chi connectivity index (χ3n) is 4.36. The van der Waals surface area contributed by atoms with E-state index in [2.05, 4.69) is 16.0 Å². The largest absolute Gasteiger partial charge is 0.494 e. The highest BCUT2D eigenvalue weighted by molar-refractivity contribution is 6.04. The number of hydrogen-bond acceptors (Lipinski definition) is 6. The first-order chi connectivity index (χ1) is 15.4. The Morgan fingerprint density at radius 2 is 1.56 bits per heavy atom. The highest BCUT2D eigenvalue weighted by Gasteiger charge is 2.09. The summed E-state index contributed by atoms with van der Waals surface area (Å²) in [5, 5.41) is 19.2. The average Bonchev–Trinajstić information content (AvgIpc) is 2.80. The molecule has 0 saturated heterocycles. The normalized spacial score (nSPS) is 10.2. The average molecular weight is 434 g/mol. The van der Waals surface area contributed by atoms with Crippen molar-refractivity contribution in [1.82, 2.24) is 0 Å². The number of nitro groups is 1. The molecule has 164 valence electrons. The van der Waals surface area contributed by atoms with Gasteiger partial charge in [-0.25, -0.2) is 0 Å². The van der Waals surface area contributed by atoms with E-state index in [1.165, 1.54) is 18.2 Å². The summed E-state index contributed by atoms with van der Waals surface area (Å²) in [5.74, 6) is 0.119. The number of benzene rings is 3. The standard InChI is InChI=1S/C23H22N4O5/c1-2-32-21-12-10-18(11-13-21)26-23(29)16-6-8-17(9-7-16)25-22(28)15-24-19-4-3-5-20(14-19)27(30)31/h3-14,24H,2,15H2,1H3,(H,25,28)(H,26,29). The molecule has 32 heavy (non-hydrogen) atoms. The summed E-state index contributed by atoms with van der Waals surface area (Å²) >= 11 is 0. The minimum absolute atomic E-state index is 0.0606. The van der Waals surface area contributed by atoms with Gasteiger partial charge >= 0.3 is 0 Å². The Morgan fingerprint density at radius 3 is 2.22 bits per heavy atom. The van der Waals surface area contributed by atoms with Crippen LogP contribution in [0, 0.1) is 10.1 Å². The summed E-state index contributed by atoms with van der Waals surface area (Å²) in [5.41, 5.74) is 2.01. The van der Waals surface area contributed by atoms with E-state index in [1.807, 2.05) is 6.92 Å². The van der Waals surface area contributed by atoms with E-state index in [0.717, 1.165) is 5.75 Å². The van der Waals surface area contributed by atoms with Gasteiger partial charge in [0.1, 0.15) is 5.75 Å². The molecule has 0 aliphatic heterocycles. The smallest absolute Gasteiger partial charge is 0.271 e. The van der Waals surface area contributed by atoms with E-state index >= 15 is 0 Å². The molecule has 0 bridgehead atoms. The molecule has 9 nitrogen and oxygen atoms in total. The van der Waals surface area contributed by atoms with Crippen LogP contribution < -0.4 is 20.7 Å². The summed E-state index contributed by atoms with van der Waals surface area (Å²) in [6.07, 6.45) is 0. The van der Waals surface area contributed by atoms with Crippen molar-refractivity contribution >= 4 is 34.6 Å². The van der Waals surface area contributed by atoms with Crippen molar-refractivity contribution in [3.63, 3.8) is 0 Å². The van der Waals surface area contributed by atoms with Crippen LogP contribution in [0.3, 0.4) is 0 Å². The fourth-order valence-corrected chi connectivity index (χ4v) is 2.83. The van der Waals surface area contributed by atoms with Crippen LogP contribution in [0.4, 0.5) is 22.7 Å². The number of nitrogens with one attached hydrogen (secondary N) is 3. The number of rotatable bonds is 9. The molecule has 0 heterocycles. The first-order valence-electron chi connectivity index (χ1n) is 9.87. The Bertz CT molecular complexity index is 1100. The quantitative estimate of drug-likeness (QED) is 0.341. The predicted molar refractivity (Wildman–Crippen MR) is 122 cm³/mol. The SMILES string of the molecule is CCOc1ccc(NC(=O)c2ccc(NC(=O)CNc3cccc([N+](=O)[O-])c3)cc2)cc1. The van der Waals surface area contributed by atoms with Crippen LogP contribution in [-0.2, 0) is 4.79 Å². The second-order valence-electron chi connectivity index (χ2n) is 6.70. The van der Waals surface area contributed by atoms with E-state index in [9.17, 15) is 19.7 Å². The van der Waals surface area contributed by atoms with E-state index < -0.39 is 4.92 Å². The van der Waals surface area contributed by atoms with Crippen LogP contribution in [0.2, 0.25) is 0 Å². The van der Waals surface area contributed by atoms with Gasteiger partial charge in [-0.15, -0.1) is 0 Å². The van der Waals surface area contributed by atoms with Crippen molar-refractivity contribution < 1.29 is 19.2 Å². The van der Waals surface area contributed by atoms with Crippen molar-refractivity contribution in [2.45, 2.75) is 6.92 Å². The van der Waals surface area contributed by atoms with E-state index in [0.29, 0.717) is 29.2 Å². The summed E-state index contributed by atoms with van der Waals surface area (Å²) in [6.45, 7) is 2.40. The number of hydrogen-bond donors (Lipinski definition) is 3. The maximum absolute atomic E-state index is 12.4. The van der Waals surface area contributed by atoms with Gasteiger partial charge in [0, 0.05) is 34.8 Å². The van der Waals surface area contributed by atoms with Crippen LogP contribution in [0.5, 0.6) is 5.75 Å². The maximum Gasteiger partial charge on any atom is 0.271 e. The van der Waals surface area contributed by atoms with Gasteiger partial charge in [0.2, 0.25) is 5.91 Å². The number of carbonyl (C=O) groups is 2. The third kappa shape index (κ3) is 6.30. The number of carbonyl (C=O) groups excluding carboxylic acids is 2. The van der Waals surface area contributed by atoms with Crippen LogP contribution in [0.1, 0.15) is 17.3 Å². The van der Waals surface area contributed by atoms with Gasteiger partial charge in [0.25, 0.3) is 11.6 Å². The summed E-state index contributed by atoms with van der Waals surface area (Å²) in [4.78, 5) is 34.9. The van der Waals surface area contributed by atoms with Gasteiger partial charge in [0.15, 0.2) is 0 Å². The number of anilines is 3. The first-order valence-corrected chi connectivity index (χ1v) is 9.87. The van der Waals surface area contributed by atoms with E-state index in [1.54, 1.807) is 54.6 Å². The van der Waals surface area contributed by atoms with Crippen molar-refractivity contribution in [3.05, 3.63) is 88.5 Å². The highest BCUT2D eigenvalue weighted by Crippen LogP contribution is 2.18. The number of amides is 2. The highest BCUT2D eigenvalue weighted by atomic mass is 16.6. The molecule has 0 aromatic heterocycles. The number of nitro benzene ring substituents is 1. The van der Waals surface area contributed by atoms with Gasteiger partial charge < -0.3 is 20.7 Å². The molecule has 2 amide bonds. The van der Waals surface area contributed by atoms with E-state index in [4.69, 9.17) is 4.74 Å². The third-order valence-corrected chi connectivity index (χ3v) is 4.36. The zero-order valence-electron chi connectivity index (χ0n) is 17.3. The number of ether oxygens (including phenoxy) is 1. The number of nitrogens with zero attached hydrogens (tertiary/aromatic N) is 1. The van der Waals surface area contributed by atoms with Gasteiger partial charge in [-0.3, -0.25) is 19.7 Å². The van der Waals surface area contributed by atoms with Gasteiger partial charge in [-0.05, 0) is 61.5 Å². The Hall–Kier alpha value is -4.40. The zero-order chi connectivity index (χ0) is 22.9. The zero-order valence-corrected chi connectivity index (χ0v) is 17.3. The molecule has 3 aromatic carbocycles. The molecule has 0 fully saturated rings.